The molecule has 7 nitrogen and oxygen atoms in total. The quantitative estimate of drug-likeness (QED) is 0.558. The average Bonchev–Trinajstić information content (AvgIpc) is 3.33. The standard InChI is InChI=1S/C21H19N5O2S/c27-20(21-23-3-8-29-21)15-9-14(11-22-12-15)19-17-2-1-16(10-18(17)24-13-25-19)26-4-6-28-7-5-26/h1-3,8-13,20,27H,4-7H2. The molecule has 29 heavy (non-hydrogen) atoms. The molecule has 8 heteroatoms. The summed E-state index contributed by atoms with van der Waals surface area (Å²) in [4.78, 5) is 19.8. The molecule has 5 rings (SSSR count). The van der Waals surface area contributed by atoms with Gasteiger partial charge in [-0.25, -0.2) is 15.0 Å². The predicted octanol–water partition coefficient (Wildman–Crippen LogP) is 3.07. The van der Waals surface area contributed by atoms with Crippen LogP contribution in [-0.4, -0.2) is 51.3 Å². The molecule has 1 aliphatic rings. The summed E-state index contributed by atoms with van der Waals surface area (Å²) in [7, 11) is 0. The van der Waals surface area contributed by atoms with Crippen molar-refractivity contribution in [1.82, 2.24) is 19.9 Å². The van der Waals surface area contributed by atoms with Gasteiger partial charge in [0.05, 0.1) is 24.4 Å². The summed E-state index contributed by atoms with van der Waals surface area (Å²) >= 11 is 1.42. The van der Waals surface area contributed by atoms with Crippen LogP contribution in [0.2, 0.25) is 0 Å². The van der Waals surface area contributed by atoms with Crippen LogP contribution in [-0.2, 0) is 4.74 Å². The van der Waals surface area contributed by atoms with Crippen LogP contribution in [0.5, 0.6) is 0 Å². The minimum absolute atomic E-state index is 0.645. The number of aromatic nitrogens is 4. The lowest BCUT2D eigenvalue weighted by Gasteiger charge is -2.29. The minimum atomic E-state index is -0.802. The maximum Gasteiger partial charge on any atom is 0.132 e. The molecule has 146 valence electrons. The number of aliphatic hydroxyl groups is 1. The summed E-state index contributed by atoms with van der Waals surface area (Å²) in [6.07, 6.45) is 5.88. The number of thiazole rings is 1. The van der Waals surface area contributed by atoms with Gasteiger partial charge >= 0.3 is 0 Å². The van der Waals surface area contributed by atoms with Gasteiger partial charge in [0.2, 0.25) is 0 Å². The molecule has 0 saturated carbocycles. The highest BCUT2D eigenvalue weighted by molar-refractivity contribution is 7.09. The van der Waals surface area contributed by atoms with E-state index >= 15 is 0 Å². The fraction of sp³-hybridized carbons (Fsp3) is 0.238. The molecule has 1 fully saturated rings. The number of pyridine rings is 1. The predicted molar refractivity (Wildman–Crippen MR) is 112 cm³/mol. The molecule has 1 N–H and O–H groups in total. The maximum absolute atomic E-state index is 10.6. The SMILES string of the molecule is OC(c1cncc(-c2ncnc3cc(N4CCOCC4)ccc23)c1)c1nccs1. The number of rotatable bonds is 4. The molecular formula is C21H19N5O2S. The average molecular weight is 405 g/mol. The molecule has 1 aliphatic heterocycles. The number of benzene rings is 1. The van der Waals surface area contributed by atoms with Crippen LogP contribution < -0.4 is 4.90 Å². The molecule has 0 radical (unpaired) electrons. The summed E-state index contributed by atoms with van der Waals surface area (Å²) in [6, 6.07) is 8.16. The van der Waals surface area contributed by atoms with Crippen LogP contribution in [0, 0.1) is 0 Å². The highest BCUT2D eigenvalue weighted by Gasteiger charge is 2.17. The first kappa shape index (κ1) is 18.1. The van der Waals surface area contributed by atoms with E-state index in [1.165, 1.54) is 11.3 Å². The topological polar surface area (TPSA) is 84.3 Å². The molecule has 0 amide bonds. The molecule has 0 bridgehead atoms. The van der Waals surface area contributed by atoms with E-state index in [1.54, 1.807) is 24.9 Å². The Bertz CT molecular complexity index is 1130. The second kappa shape index (κ2) is 7.82. The summed E-state index contributed by atoms with van der Waals surface area (Å²) < 4.78 is 5.44. The molecule has 1 aromatic carbocycles. The fourth-order valence-corrected chi connectivity index (χ4v) is 4.19. The van der Waals surface area contributed by atoms with Gasteiger partial charge in [-0.1, -0.05) is 0 Å². The lowest BCUT2D eigenvalue weighted by Crippen LogP contribution is -2.36. The van der Waals surface area contributed by atoms with Gasteiger partial charge in [-0.2, -0.15) is 0 Å². The second-order valence-corrected chi connectivity index (χ2v) is 7.73. The van der Waals surface area contributed by atoms with Gasteiger partial charge in [0, 0.05) is 59.3 Å². The van der Waals surface area contributed by atoms with Crippen LogP contribution in [0.3, 0.4) is 0 Å². The first-order chi connectivity index (χ1) is 14.3. The summed E-state index contributed by atoms with van der Waals surface area (Å²) in [5, 5.41) is 14.0. The Labute approximate surface area is 171 Å². The van der Waals surface area contributed by atoms with Crippen molar-refractivity contribution in [3.05, 3.63) is 65.1 Å². The van der Waals surface area contributed by atoms with Crippen LogP contribution in [0.15, 0.2) is 54.6 Å². The Morgan fingerprint density at radius 2 is 1.97 bits per heavy atom. The molecule has 0 spiro atoms. The van der Waals surface area contributed by atoms with E-state index in [-0.39, 0.29) is 0 Å². The van der Waals surface area contributed by atoms with Crippen molar-refractivity contribution < 1.29 is 9.84 Å². The highest BCUT2D eigenvalue weighted by Crippen LogP contribution is 2.31. The second-order valence-electron chi connectivity index (χ2n) is 6.80. The van der Waals surface area contributed by atoms with Crippen LogP contribution >= 0.6 is 11.3 Å². The van der Waals surface area contributed by atoms with Gasteiger partial charge in [-0.3, -0.25) is 4.98 Å². The Morgan fingerprint density at radius 1 is 1.07 bits per heavy atom. The van der Waals surface area contributed by atoms with E-state index in [4.69, 9.17) is 4.74 Å². The van der Waals surface area contributed by atoms with Crippen molar-refractivity contribution in [2.45, 2.75) is 6.10 Å². The first-order valence-electron chi connectivity index (χ1n) is 9.40. The van der Waals surface area contributed by atoms with E-state index in [1.807, 2.05) is 11.4 Å². The third kappa shape index (κ3) is 3.57. The lowest BCUT2D eigenvalue weighted by atomic mass is 10.0. The molecule has 4 heterocycles. The van der Waals surface area contributed by atoms with E-state index in [0.29, 0.717) is 10.6 Å². The molecule has 1 atom stereocenters. The Morgan fingerprint density at radius 3 is 2.79 bits per heavy atom. The minimum Gasteiger partial charge on any atom is -0.381 e. The maximum atomic E-state index is 10.6. The summed E-state index contributed by atoms with van der Waals surface area (Å²) in [5.74, 6) is 0. The zero-order chi connectivity index (χ0) is 19.6. The molecule has 0 aliphatic carbocycles. The van der Waals surface area contributed by atoms with Gasteiger partial charge in [-0.15, -0.1) is 11.3 Å². The number of aliphatic hydroxyl groups excluding tert-OH is 1. The van der Waals surface area contributed by atoms with E-state index < -0.39 is 6.10 Å². The fourth-order valence-electron chi connectivity index (χ4n) is 3.54. The van der Waals surface area contributed by atoms with E-state index in [0.717, 1.165) is 54.2 Å². The molecule has 1 unspecified atom stereocenters. The first-order valence-corrected chi connectivity index (χ1v) is 10.3. The number of fused-ring (bicyclic) bond motifs is 1. The number of anilines is 1. The van der Waals surface area contributed by atoms with Crippen molar-refractivity contribution in [3.63, 3.8) is 0 Å². The van der Waals surface area contributed by atoms with Gasteiger partial charge < -0.3 is 14.7 Å². The van der Waals surface area contributed by atoms with Gasteiger partial charge in [-0.05, 0) is 24.3 Å². The zero-order valence-electron chi connectivity index (χ0n) is 15.6. The molecular weight excluding hydrogens is 386 g/mol. The molecule has 3 aromatic heterocycles. The smallest absolute Gasteiger partial charge is 0.132 e. The third-order valence-electron chi connectivity index (χ3n) is 5.03. The van der Waals surface area contributed by atoms with Crippen molar-refractivity contribution in [2.24, 2.45) is 0 Å². The lowest BCUT2D eigenvalue weighted by molar-refractivity contribution is 0.122. The van der Waals surface area contributed by atoms with Gasteiger partial charge in [0.25, 0.3) is 0 Å². The van der Waals surface area contributed by atoms with Crippen molar-refractivity contribution in [2.75, 3.05) is 31.2 Å². The molecule has 1 saturated heterocycles. The zero-order valence-corrected chi connectivity index (χ0v) is 16.4. The summed E-state index contributed by atoms with van der Waals surface area (Å²) in [5.41, 5.74) is 4.34. The van der Waals surface area contributed by atoms with E-state index in [9.17, 15) is 5.11 Å². The number of nitrogens with zero attached hydrogens (tertiary/aromatic N) is 5. The monoisotopic (exact) mass is 405 g/mol. The van der Waals surface area contributed by atoms with E-state index in [2.05, 4.69) is 43.0 Å². The van der Waals surface area contributed by atoms with Crippen molar-refractivity contribution >= 4 is 27.9 Å². The van der Waals surface area contributed by atoms with Crippen LogP contribution in [0.25, 0.3) is 22.2 Å². The number of morpholine rings is 1. The number of hydrogen-bond acceptors (Lipinski definition) is 8. The summed E-state index contributed by atoms with van der Waals surface area (Å²) in [6.45, 7) is 3.24. The largest absolute Gasteiger partial charge is 0.381 e. The van der Waals surface area contributed by atoms with Gasteiger partial charge in [0.1, 0.15) is 17.4 Å². The Hall–Kier alpha value is -2.94. The van der Waals surface area contributed by atoms with Crippen LogP contribution in [0.4, 0.5) is 5.69 Å². The highest BCUT2D eigenvalue weighted by atomic mass is 32.1. The molecule has 4 aromatic rings. The van der Waals surface area contributed by atoms with Gasteiger partial charge in [0.15, 0.2) is 0 Å². The number of hydrogen-bond donors (Lipinski definition) is 1. The van der Waals surface area contributed by atoms with Crippen LogP contribution in [0.1, 0.15) is 16.7 Å². The Balaban J connectivity index is 1.52. The normalized spacial score (nSPS) is 15.6. The van der Waals surface area contributed by atoms with Crippen molar-refractivity contribution in [3.8, 4) is 11.3 Å². The Kier molecular flexibility index (Phi) is 4.89. The number of ether oxygens (including phenoxy) is 1. The van der Waals surface area contributed by atoms with Crippen molar-refractivity contribution in [1.29, 1.82) is 0 Å². The third-order valence-corrected chi connectivity index (χ3v) is 5.86.